The lowest BCUT2D eigenvalue weighted by Crippen LogP contribution is -2.60. The van der Waals surface area contributed by atoms with E-state index in [1.54, 1.807) is 106 Å². The van der Waals surface area contributed by atoms with Crippen molar-refractivity contribution in [3.63, 3.8) is 0 Å². The molecule has 0 spiro atoms. The fraction of sp³-hybridized carbons (Fsp3) is 0.550. The number of unbranched alkanes of at least 4 members (excludes halogenated alkanes) is 1. The minimum absolute atomic E-state index is 0.00143. The molecule has 0 bridgehead atoms. The zero-order chi connectivity index (χ0) is 101. The summed E-state index contributed by atoms with van der Waals surface area (Å²) in [5.41, 5.74) is 3.38. The Balaban J connectivity index is 0.795. The van der Waals surface area contributed by atoms with Gasteiger partial charge < -0.3 is 103 Å². The normalized spacial score (nSPS) is 16.7. The molecule has 2 fully saturated rings. The van der Waals surface area contributed by atoms with E-state index in [1.165, 1.54) is 19.1 Å². The van der Waals surface area contributed by atoms with Crippen LogP contribution in [-0.4, -0.2) is 265 Å². The van der Waals surface area contributed by atoms with Crippen LogP contribution < -0.4 is 63.8 Å². The predicted octanol–water partition coefficient (Wildman–Crippen LogP) is 6.43. The molecule has 15 amide bonds. The smallest absolute Gasteiger partial charge is 0.410 e. The number of likely N-dealkylation sites (N-methyl/N-ethyl adjacent to an activating group) is 2. The zero-order valence-electron chi connectivity index (χ0n) is 81.2. The second kappa shape index (κ2) is 57.2. The molecule has 1 aliphatic carbocycles. The minimum Gasteiger partial charge on any atom is -0.481 e. The molecule has 1 saturated carbocycles. The monoisotopic (exact) mass is 1920 g/mol. The molecule has 1 unspecified atom stereocenters. The molecule has 1 heterocycles. The summed E-state index contributed by atoms with van der Waals surface area (Å²) in [6.07, 6.45) is 2.09. The summed E-state index contributed by atoms with van der Waals surface area (Å²) >= 11 is 0. The number of benzene rings is 5. The van der Waals surface area contributed by atoms with Gasteiger partial charge in [-0.15, -0.1) is 0 Å². The molecule has 754 valence electrons. The number of carbonyl (C=O) groups excluding carboxylic acids is 14. The maximum atomic E-state index is 14.9. The molecule has 15 N–H and O–H groups in total. The number of rotatable bonds is 56. The van der Waals surface area contributed by atoms with Crippen LogP contribution in [0.5, 0.6) is 0 Å². The first-order valence-electron chi connectivity index (χ1n) is 47.5. The van der Waals surface area contributed by atoms with E-state index in [1.807, 2.05) is 100 Å². The number of fused-ring (bicyclic) bond motifs is 1. The standard InChI is InChI=1S/C100H141N15O23/c1-13-62(6)89(79(136-11)54-85(121)115-49-25-33-78(115)90(137-12)64(8)91(124)106-63(7)50-65-26-16-14-17-27-65)113(9)96(129)87(60(2)3)112-95(128)88(61(4)5)114(10)100(135)138-59-68-39-44-73(45-40-68)107-83(119)58-105-94(127)76(52-66-28-18-15-19-29-66)108-84(120)57-104-82(118)56-103-81(117)35-24-34-80(116)102-55-67-36-42-71(43-37-67)92(125)109-77(53-69-38-41-70-30-20-21-31-72(70)51-69)93(126)101-48-23-22-32-74(97(130)131)110-99(134)111-75(98(132)133)46-47-86(122)123/h14-21,26-31,38-41,44-45,51,60-64,67,71,74-79,87-90H,13,22-25,32-37,42-43,46-50,52-59H2,1-12H3,(H,101,126)(H,102,116)(H,103,117)(H,104,118)(H,105,127)(H,106,124)(H,107,119)(H,108,120)(H,109,125)(H,112,128)(H,122,123)(H,130,131)(H,132,133)(H2,110,111,134)/t62-,63+,64+,67?,71?,74-,75-,76-,77-,78-,79+,87?,88-,89-,90+/m0/s1. The van der Waals surface area contributed by atoms with Gasteiger partial charge in [-0.3, -0.25) is 67.2 Å². The van der Waals surface area contributed by atoms with Crippen molar-refractivity contribution in [3.8, 4) is 0 Å². The van der Waals surface area contributed by atoms with Crippen molar-refractivity contribution in [1.82, 2.24) is 73.2 Å². The number of amides is 15. The summed E-state index contributed by atoms with van der Waals surface area (Å²) in [6.45, 7) is 13.9. The summed E-state index contributed by atoms with van der Waals surface area (Å²) in [5, 5.41) is 61.7. The van der Waals surface area contributed by atoms with Crippen molar-refractivity contribution in [1.29, 1.82) is 0 Å². The van der Waals surface area contributed by atoms with Crippen molar-refractivity contribution in [2.45, 2.75) is 251 Å². The van der Waals surface area contributed by atoms with Crippen molar-refractivity contribution in [3.05, 3.63) is 150 Å². The molecule has 38 heteroatoms. The molecule has 0 aromatic heterocycles. The van der Waals surface area contributed by atoms with E-state index < -0.39 is 188 Å². The lowest BCUT2D eigenvalue weighted by molar-refractivity contribution is -0.148. The summed E-state index contributed by atoms with van der Waals surface area (Å²) in [5.74, 6) is -12.1. The molecule has 2 aliphatic rings. The quantitative estimate of drug-likeness (QED) is 0.0186. The van der Waals surface area contributed by atoms with E-state index in [0.717, 1.165) is 21.9 Å². The third kappa shape index (κ3) is 36.7. The van der Waals surface area contributed by atoms with E-state index >= 15 is 0 Å². The van der Waals surface area contributed by atoms with Gasteiger partial charge in [0.2, 0.25) is 70.9 Å². The molecule has 38 nitrogen and oxygen atoms in total. The number of urea groups is 1. The van der Waals surface area contributed by atoms with Crippen LogP contribution in [0.4, 0.5) is 15.3 Å². The Labute approximate surface area is 806 Å². The van der Waals surface area contributed by atoms with Gasteiger partial charge in [0.1, 0.15) is 42.9 Å². The number of nitrogens with zero attached hydrogens (tertiary/aromatic N) is 3. The first-order chi connectivity index (χ1) is 65.8. The van der Waals surface area contributed by atoms with Crippen LogP contribution in [0.2, 0.25) is 0 Å². The number of nitrogens with one attached hydrogen (secondary N) is 12. The Bertz CT molecular complexity index is 4900. The summed E-state index contributed by atoms with van der Waals surface area (Å²) in [7, 11) is 6.13. The van der Waals surface area contributed by atoms with Crippen LogP contribution in [0.1, 0.15) is 180 Å². The van der Waals surface area contributed by atoms with E-state index in [0.29, 0.717) is 81.3 Å². The Morgan fingerprint density at radius 3 is 1.67 bits per heavy atom. The Hall–Kier alpha value is -13.1. The number of ether oxygens (including phenoxy) is 3. The lowest BCUT2D eigenvalue weighted by Gasteiger charge is -2.41. The van der Waals surface area contributed by atoms with Gasteiger partial charge in [-0.05, 0) is 153 Å². The molecular weight excluding hydrogens is 1780 g/mol. The van der Waals surface area contributed by atoms with Gasteiger partial charge in [0, 0.05) is 97.7 Å². The average Bonchev–Trinajstić information content (AvgIpc) is 1.57. The van der Waals surface area contributed by atoms with Gasteiger partial charge in [0.25, 0.3) is 0 Å². The van der Waals surface area contributed by atoms with Crippen LogP contribution >= 0.6 is 0 Å². The average molecular weight is 1920 g/mol. The topological polar surface area (TPSA) is 533 Å². The molecule has 138 heavy (non-hydrogen) atoms. The summed E-state index contributed by atoms with van der Waals surface area (Å²) in [6, 6.07) is 28.7. The summed E-state index contributed by atoms with van der Waals surface area (Å²) < 4.78 is 17.8. The number of carboxylic acids is 3. The number of carbonyl (C=O) groups is 17. The van der Waals surface area contributed by atoms with E-state index in [9.17, 15) is 91.7 Å². The number of methoxy groups -OCH3 is 2. The van der Waals surface area contributed by atoms with Gasteiger partial charge >= 0.3 is 30.0 Å². The van der Waals surface area contributed by atoms with Crippen molar-refractivity contribution < 1.29 is 111 Å². The largest absolute Gasteiger partial charge is 0.481 e. The van der Waals surface area contributed by atoms with Crippen LogP contribution in [0.25, 0.3) is 10.8 Å². The first kappa shape index (κ1) is 112. The van der Waals surface area contributed by atoms with Gasteiger partial charge in [0.05, 0.1) is 56.3 Å². The van der Waals surface area contributed by atoms with Crippen molar-refractivity contribution in [2.75, 3.05) is 72.9 Å². The number of hydrogen-bond donors (Lipinski definition) is 15. The fourth-order valence-corrected chi connectivity index (χ4v) is 17.4. The van der Waals surface area contributed by atoms with E-state index in [4.69, 9.17) is 19.3 Å². The van der Waals surface area contributed by atoms with Crippen LogP contribution in [0.3, 0.4) is 0 Å². The number of aliphatic carboxylic acids is 3. The molecular formula is C100H141N15O23. The second-order valence-corrected chi connectivity index (χ2v) is 36.5. The molecule has 5 aromatic rings. The van der Waals surface area contributed by atoms with Crippen LogP contribution in [0, 0.1) is 35.5 Å². The Morgan fingerprint density at radius 1 is 0.493 bits per heavy atom. The number of carboxylic acid groups (broad SMARTS) is 3. The molecule has 13 atom stereocenters. The maximum Gasteiger partial charge on any atom is 0.410 e. The number of hydrogen-bond acceptors (Lipinski definition) is 20. The molecule has 0 radical (unpaired) electrons. The molecule has 1 saturated heterocycles. The van der Waals surface area contributed by atoms with Gasteiger partial charge in [-0.2, -0.15) is 0 Å². The SMILES string of the molecule is CC[C@H](C)[C@@H]([C@@H](CC(=O)N1CCC[C@H]1[C@H](OC)[C@@H](C)C(=O)N[C@H](C)Cc1ccccc1)OC)N(C)C(=O)C(NC(=O)[C@H](C(C)C)N(C)C(=O)OCc1ccc(NC(=O)CNC(=O)[C@H](Cc2ccccc2)NC(=O)CNC(=O)CNC(=O)CCCC(=O)NCC2CCC(C(=O)N[C@@H](Cc3ccc4ccccc4c3)C(=O)NCCCC[C@H](NC(=O)N[C@@H](CCC(=O)O)C(=O)O)C(=O)O)CC2)cc1)C(C)C. The van der Waals surface area contributed by atoms with E-state index in [2.05, 4.69) is 63.8 Å². The van der Waals surface area contributed by atoms with E-state index in [-0.39, 0.29) is 118 Å². The Kier molecular flexibility index (Phi) is 46.3. The number of likely N-dealkylation sites (tertiary alicyclic amines) is 1. The minimum atomic E-state index is -1.57. The summed E-state index contributed by atoms with van der Waals surface area (Å²) in [4.78, 5) is 230. The van der Waals surface area contributed by atoms with Crippen molar-refractivity contribution in [2.24, 2.45) is 35.5 Å². The Morgan fingerprint density at radius 2 is 1.07 bits per heavy atom. The highest BCUT2D eigenvalue weighted by atomic mass is 16.6. The highest BCUT2D eigenvalue weighted by molar-refractivity contribution is 5.98. The maximum absolute atomic E-state index is 14.9. The molecule has 1 aliphatic heterocycles. The van der Waals surface area contributed by atoms with Gasteiger partial charge in [0.15, 0.2) is 0 Å². The van der Waals surface area contributed by atoms with Crippen LogP contribution in [0.15, 0.2) is 127 Å². The highest BCUT2D eigenvalue weighted by Crippen LogP contribution is 2.32. The molecule has 7 rings (SSSR count). The third-order valence-electron chi connectivity index (χ3n) is 25.3. The molecule has 5 aromatic carbocycles. The highest BCUT2D eigenvalue weighted by Gasteiger charge is 2.45. The van der Waals surface area contributed by atoms with Gasteiger partial charge in [-0.1, -0.05) is 170 Å². The second-order valence-electron chi connectivity index (χ2n) is 36.5. The third-order valence-corrected chi connectivity index (χ3v) is 25.3. The lowest BCUT2D eigenvalue weighted by atomic mass is 9.81. The van der Waals surface area contributed by atoms with Crippen LogP contribution in [-0.2, 0) is 112 Å². The fourth-order valence-electron chi connectivity index (χ4n) is 17.4. The zero-order valence-corrected chi connectivity index (χ0v) is 81.2. The number of anilines is 1. The van der Waals surface area contributed by atoms with Crippen molar-refractivity contribution >= 4 is 117 Å². The predicted molar refractivity (Wildman–Crippen MR) is 514 cm³/mol. The van der Waals surface area contributed by atoms with Gasteiger partial charge in [-0.25, -0.2) is 19.2 Å². The first-order valence-corrected chi connectivity index (χ1v) is 47.5.